The van der Waals surface area contributed by atoms with Gasteiger partial charge in [-0.25, -0.2) is 9.48 Å². The first kappa shape index (κ1) is 20.5. The van der Waals surface area contributed by atoms with Crippen LogP contribution < -0.4 is 20.9 Å². The molecule has 1 saturated heterocycles. The number of methoxy groups -OCH3 is 1. The highest BCUT2D eigenvalue weighted by Crippen LogP contribution is 2.25. The summed E-state index contributed by atoms with van der Waals surface area (Å²) in [5.74, 6) is -1.03. The lowest BCUT2D eigenvalue weighted by Gasteiger charge is -2.18. The first-order valence-electron chi connectivity index (χ1n) is 9.37. The molecule has 1 aliphatic heterocycles. The van der Waals surface area contributed by atoms with Crippen LogP contribution >= 0.6 is 0 Å². The van der Waals surface area contributed by atoms with E-state index in [2.05, 4.69) is 15.7 Å². The summed E-state index contributed by atoms with van der Waals surface area (Å²) in [5, 5.41) is 19.1. The Kier molecular flexibility index (Phi) is 6.28. The molecule has 1 unspecified atom stereocenters. The molecule has 2 heterocycles. The minimum absolute atomic E-state index is 0.138. The smallest absolute Gasteiger partial charge is 0.326 e. The number of aryl methyl sites for hydroxylation is 1. The van der Waals surface area contributed by atoms with Gasteiger partial charge in [0.25, 0.3) is 5.56 Å². The van der Waals surface area contributed by atoms with Gasteiger partial charge in [0.05, 0.1) is 24.9 Å². The average molecular weight is 400 g/mol. The Hall–Kier alpha value is -3.20. The summed E-state index contributed by atoms with van der Waals surface area (Å²) in [4.78, 5) is 36.3. The Balaban J connectivity index is 1.77. The molecule has 3 N–H and O–H groups in total. The summed E-state index contributed by atoms with van der Waals surface area (Å²) in [6, 6.07) is 5.57. The van der Waals surface area contributed by atoms with Gasteiger partial charge in [-0.2, -0.15) is 5.10 Å². The Morgan fingerprint density at radius 1 is 1.38 bits per heavy atom. The zero-order valence-corrected chi connectivity index (χ0v) is 16.3. The van der Waals surface area contributed by atoms with Crippen molar-refractivity contribution in [3.8, 4) is 16.9 Å². The van der Waals surface area contributed by atoms with Crippen LogP contribution in [-0.4, -0.2) is 52.5 Å². The number of ether oxygens (including phenoxy) is 1. The van der Waals surface area contributed by atoms with Crippen LogP contribution in [0.1, 0.15) is 18.4 Å². The highest BCUT2D eigenvalue weighted by Gasteiger charge is 2.27. The molecular weight excluding hydrogens is 376 g/mol. The topological polar surface area (TPSA) is 123 Å². The maximum Gasteiger partial charge on any atom is 0.326 e. The van der Waals surface area contributed by atoms with Gasteiger partial charge >= 0.3 is 5.97 Å². The van der Waals surface area contributed by atoms with Gasteiger partial charge in [-0.05, 0) is 30.5 Å². The molecule has 1 amide bonds. The maximum absolute atomic E-state index is 12.4. The second-order valence-corrected chi connectivity index (χ2v) is 6.97. The van der Waals surface area contributed by atoms with Crippen molar-refractivity contribution >= 4 is 11.9 Å². The fourth-order valence-electron chi connectivity index (χ4n) is 3.37. The number of carbonyl (C=O) groups is 2. The van der Waals surface area contributed by atoms with Gasteiger partial charge in [-0.3, -0.25) is 9.59 Å². The quantitative estimate of drug-likeness (QED) is 0.612. The van der Waals surface area contributed by atoms with Crippen LogP contribution in [0.5, 0.6) is 5.75 Å². The number of carboxylic acid groups (broad SMARTS) is 1. The van der Waals surface area contributed by atoms with Crippen molar-refractivity contribution in [2.45, 2.75) is 31.3 Å². The van der Waals surface area contributed by atoms with Crippen molar-refractivity contribution < 1.29 is 19.4 Å². The van der Waals surface area contributed by atoms with E-state index in [1.807, 2.05) is 0 Å². The largest absolute Gasteiger partial charge is 0.494 e. The number of rotatable bonds is 7. The number of nitrogens with one attached hydrogen (secondary N) is 2. The molecule has 29 heavy (non-hydrogen) atoms. The van der Waals surface area contributed by atoms with Crippen LogP contribution in [0.25, 0.3) is 11.1 Å². The van der Waals surface area contributed by atoms with Crippen molar-refractivity contribution in [3.05, 3.63) is 46.4 Å². The van der Waals surface area contributed by atoms with E-state index in [1.165, 1.54) is 18.0 Å². The third-order valence-corrected chi connectivity index (χ3v) is 5.00. The number of hydrogen-bond donors (Lipinski definition) is 3. The van der Waals surface area contributed by atoms with Gasteiger partial charge in [0.1, 0.15) is 6.04 Å². The number of amides is 1. The Morgan fingerprint density at radius 3 is 2.69 bits per heavy atom. The lowest BCUT2D eigenvalue weighted by molar-refractivity contribution is -0.142. The molecule has 2 aromatic rings. The molecule has 0 bridgehead atoms. The fraction of sp³-hybridized carbons (Fsp3) is 0.400. The minimum atomic E-state index is -1.09. The van der Waals surface area contributed by atoms with Crippen molar-refractivity contribution in [2.75, 3.05) is 13.7 Å². The van der Waals surface area contributed by atoms with Crippen LogP contribution in [0.3, 0.4) is 0 Å². The van der Waals surface area contributed by atoms with E-state index in [9.17, 15) is 19.5 Å². The highest BCUT2D eigenvalue weighted by atomic mass is 16.5. The maximum atomic E-state index is 12.4. The van der Waals surface area contributed by atoms with E-state index < -0.39 is 12.0 Å². The predicted octanol–water partition coefficient (Wildman–Crippen LogP) is 0.320. The molecule has 0 saturated carbocycles. The molecule has 9 nitrogen and oxygen atoms in total. The molecule has 0 spiro atoms. The summed E-state index contributed by atoms with van der Waals surface area (Å²) in [5.41, 5.74) is 1.45. The summed E-state index contributed by atoms with van der Waals surface area (Å²) >= 11 is 0. The average Bonchev–Trinajstić information content (AvgIpc) is 3.25. The third-order valence-electron chi connectivity index (χ3n) is 5.00. The zero-order valence-electron chi connectivity index (χ0n) is 16.3. The summed E-state index contributed by atoms with van der Waals surface area (Å²) in [6.45, 7) is 0.759. The number of nitrogens with zero attached hydrogens (tertiary/aromatic N) is 2. The zero-order chi connectivity index (χ0) is 21.0. The van der Waals surface area contributed by atoms with E-state index in [1.54, 1.807) is 31.3 Å². The van der Waals surface area contributed by atoms with E-state index in [4.69, 9.17) is 4.74 Å². The second kappa shape index (κ2) is 8.87. The van der Waals surface area contributed by atoms with Crippen LogP contribution in [0.15, 0.2) is 35.3 Å². The number of aromatic nitrogens is 2. The highest BCUT2D eigenvalue weighted by molar-refractivity contribution is 5.87. The predicted molar refractivity (Wildman–Crippen MR) is 106 cm³/mol. The van der Waals surface area contributed by atoms with Gasteiger partial charge < -0.3 is 20.5 Å². The van der Waals surface area contributed by atoms with Crippen molar-refractivity contribution in [1.29, 1.82) is 0 Å². The van der Waals surface area contributed by atoms with E-state index in [0.29, 0.717) is 23.3 Å². The normalized spacial score (nSPS) is 17.0. The van der Waals surface area contributed by atoms with Crippen LogP contribution in [0.4, 0.5) is 0 Å². The molecule has 3 rings (SSSR count). The van der Waals surface area contributed by atoms with Crippen molar-refractivity contribution in [1.82, 2.24) is 20.4 Å². The molecule has 1 aliphatic rings. The van der Waals surface area contributed by atoms with Gasteiger partial charge in [0.15, 0.2) is 5.75 Å². The molecule has 2 atom stereocenters. The van der Waals surface area contributed by atoms with E-state index in [0.717, 1.165) is 18.5 Å². The number of hydrogen-bond acceptors (Lipinski definition) is 6. The molecule has 1 fully saturated rings. The molecule has 154 valence electrons. The summed E-state index contributed by atoms with van der Waals surface area (Å²) in [6.07, 6.45) is 3.21. The Morgan fingerprint density at radius 2 is 2.10 bits per heavy atom. The first-order chi connectivity index (χ1) is 13.9. The third kappa shape index (κ3) is 4.62. The van der Waals surface area contributed by atoms with Crippen LogP contribution in [0.2, 0.25) is 0 Å². The molecular formula is C20H24N4O5. The minimum Gasteiger partial charge on any atom is -0.494 e. The summed E-state index contributed by atoms with van der Waals surface area (Å²) < 4.78 is 6.47. The Labute approximate surface area is 167 Å². The van der Waals surface area contributed by atoms with Crippen molar-refractivity contribution in [2.24, 2.45) is 7.05 Å². The van der Waals surface area contributed by atoms with Gasteiger partial charge in [-0.15, -0.1) is 0 Å². The number of aliphatic carboxylic acids is 1. The second-order valence-electron chi connectivity index (χ2n) is 6.97. The summed E-state index contributed by atoms with van der Waals surface area (Å²) in [7, 11) is 3.02. The van der Waals surface area contributed by atoms with Gasteiger partial charge in [0, 0.05) is 13.5 Å². The molecule has 1 aromatic heterocycles. The standard InChI is InChI=1S/C20H24N4O5/c1-24-19(26)17(16(29-2)11-22-24)13-7-5-12(6-8-13)10-15(20(27)28)23-18(25)14-4-3-9-21-14/h5-8,11,14-15,21H,3-4,9-10H2,1-2H3,(H,23,25)(H,27,28)/t14?,15-/m0/s1. The lowest BCUT2D eigenvalue weighted by Crippen LogP contribution is -2.49. The molecule has 1 aromatic carbocycles. The number of carbonyl (C=O) groups excluding carboxylic acids is 1. The van der Waals surface area contributed by atoms with E-state index >= 15 is 0 Å². The Bertz CT molecular complexity index is 948. The SMILES string of the molecule is COc1cnn(C)c(=O)c1-c1ccc(C[C@H](NC(=O)C2CCCN2)C(=O)O)cc1. The molecule has 0 radical (unpaired) electrons. The van der Waals surface area contributed by atoms with Gasteiger partial charge in [0.2, 0.25) is 5.91 Å². The van der Waals surface area contributed by atoms with Crippen molar-refractivity contribution in [3.63, 3.8) is 0 Å². The first-order valence-corrected chi connectivity index (χ1v) is 9.37. The van der Waals surface area contributed by atoms with Gasteiger partial charge in [-0.1, -0.05) is 24.3 Å². The van der Waals surface area contributed by atoms with Crippen LogP contribution in [-0.2, 0) is 23.1 Å². The molecule has 0 aliphatic carbocycles. The lowest BCUT2D eigenvalue weighted by atomic mass is 10.0. The molecule has 9 heteroatoms. The number of carboxylic acids is 1. The number of benzene rings is 1. The van der Waals surface area contributed by atoms with E-state index in [-0.39, 0.29) is 23.9 Å². The monoisotopic (exact) mass is 400 g/mol. The van der Waals surface area contributed by atoms with Crippen LogP contribution in [0, 0.1) is 0 Å². The fourth-order valence-corrected chi connectivity index (χ4v) is 3.37.